The molecule has 1 amide bonds. The summed E-state index contributed by atoms with van der Waals surface area (Å²) in [4.78, 5) is 10.5. The van der Waals surface area contributed by atoms with E-state index in [-0.39, 0.29) is 43.5 Å². The first kappa shape index (κ1) is 15.7. The Hall–Kier alpha value is 0.280. The summed E-state index contributed by atoms with van der Waals surface area (Å²) < 4.78 is 23.9. The predicted molar refractivity (Wildman–Crippen MR) is 43.8 cm³/mol. The normalized spacial score (nSPS) is 11.2. The van der Waals surface area contributed by atoms with Gasteiger partial charge in [-0.3, -0.25) is 4.79 Å². The van der Waals surface area contributed by atoms with Crippen LogP contribution in [0.2, 0.25) is 0 Å². The van der Waals surface area contributed by atoms with Crippen LogP contribution in [0.5, 0.6) is 0 Å². The molecule has 72 valence electrons. The minimum Gasteiger partial charge on any atom is -1.00 e. The fraction of sp³-hybridized carbons (Fsp3) is 0.500. The second-order valence-electron chi connectivity index (χ2n) is 1.87. The Morgan fingerprint density at radius 2 is 2.38 bits per heavy atom. The summed E-state index contributed by atoms with van der Waals surface area (Å²) in [5, 5.41) is 2.47. The van der Waals surface area contributed by atoms with Gasteiger partial charge in [-0.1, -0.05) is 6.58 Å². The molecule has 0 saturated carbocycles. The molecule has 0 radical (unpaired) electrons. The van der Waals surface area contributed by atoms with Gasteiger partial charge in [0.1, 0.15) is 0 Å². The SMILES string of the molecule is C=CC(=O)NCCCOS(=O)[O-].[H-].[Na+]. The van der Waals surface area contributed by atoms with E-state index in [1.54, 1.807) is 0 Å². The molecular weight excluding hydrogens is 205 g/mol. The second-order valence-corrected chi connectivity index (χ2v) is 2.52. The van der Waals surface area contributed by atoms with E-state index in [1.165, 1.54) is 0 Å². The molecule has 13 heavy (non-hydrogen) atoms. The van der Waals surface area contributed by atoms with Gasteiger partial charge in [-0.25, -0.2) is 4.21 Å². The Bertz CT molecular complexity index is 193. The number of hydrogen-bond donors (Lipinski definition) is 1. The molecule has 1 atom stereocenters. The minimum absolute atomic E-state index is 0. The van der Waals surface area contributed by atoms with E-state index >= 15 is 0 Å². The summed E-state index contributed by atoms with van der Waals surface area (Å²) in [6.45, 7) is 3.70. The van der Waals surface area contributed by atoms with E-state index in [0.29, 0.717) is 13.0 Å². The van der Waals surface area contributed by atoms with Crippen molar-refractivity contribution < 1.29 is 48.7 Å². The van der Waals surface area contributed by atoms with E-state index in [1.807, 2.05) is 0 Å². The van der Waals surface area contributed by atoms with Gasteiger partial charge in [0.05, 0.1) is 18.0 Å². The van der Waals surface area contributed by atoms with Crippen molar-refractivity contribution in [2.75, 3.05) is 13.2 Å². The molecule has 0 bridgehead atoms. The molecule has 0 rings (SSSR count). The Morgan fingerprint density at radius 1 is 1.77 bits per heavy atom. The zero-order valence-electron chi connectivity index (χ0n) is 8.45. The third-order valence-electron chi connectivity index (χ3n) is 0.985. The number of hydrogen-bond acceptors (Lipinski definition) is 4. The van der Waals surface area contributed by atoms with Gasteiger partial charge in [-0.2, -0.15) is 0 Å². The summed E-state index contributed by atoms with van der Waals surface area (Å²) in [5.41, 5.74) is 0. The van der Waals surface area contributed by atoms with Crippen molar-refractivity contribution in [3.8, 4) is 0 Å². The maximum absolute atomic E-state index is 10.5. The summed E-state index contributed by atoms with van der Waals surface area (Å²) in [6, 6.07) is 0. The Morgan fingerprint density at radius 3 is 2.85 bits per heavy atom. The van der Waals surface area contributed by atoms with Crippen molar-refractivity contribution in [2.24, 2.45) is 0 Å². The largest absolute Gasteiger partial charge is 1.00 e. The van der Waals surface area contributed by atoms with Gasteiger partial charge < -0.3 is 15.5 Å². The number of nitrogens with one attached hydrogen (secondary N) is 1. The molecule has 0 aliphatic heterocycles. The van der Waals surface area contributed by atoms with Gasteiger partial charge in [0, 0.05) is 6.54 Å². The molecule has 0 spiro atoms. The molecule has 0 aliphatic carbocycles. The second kappa shape index (κ2) is 10.4. The van der Waals surface area contributed by atoms with Crippen molar-refractivity contribution in [1.29, 1.82) is 0 Å². The van der Waals surface area contributed by atoms with Crippen molar-refractivity contribution in [3.05, 3.63) is 12.7 Å². The maximum atomic E-state index is 10.5. The van der Waals surface area contributed by atoms with E-state index < -0.39 is 11.4 Å². The van der Waals surface area contributed by atoms with E-state index in [9.17, 15) is 13.6 Å². The quantitative estimate of drug-likeness (QED) is 0.217. The Balaban J connectivity index is -0.000000605. The van der Waals surface area contributed by atoms with Crippen LogP contribution in [0.3, 0.4) is 0 Å². The predicted octanol–water partition coefficient (Wildman–Crippen LogP) is -3.39. The van der Waals surface area contributed by atoms with Crippen LogP contribution < -0.4 is 34.9 Å². The van der Waals surface area contributed by atoms with Gasteiger partial charge in [-0.05, 0) is 12.5 Å². The summed E-state index contributed by atoms with van der Waals surface area (Å²) >= 11 is -2.46. The Kier molecular flexibility index (Phi) is 12.5. The monoisotopic (exact) mass is 216 g/mol. The molecule has 1 unspecified atom stereocenters. The van der Waals surface area contributed by atoms with Crippen molar-refractivity contribution in [2.45, 2.75) is 6.42 Å². The molecule has 0 aromatic heterocycles. The molecule has 0 fully saturated rings. The third-order valence-corrected chi connectivity index (χ3v) is 1.34. The summed E-state index contributed by atoms with van der Waals surface area (Å²) in [7, 11) is 0. The Labute approximate surface area is 103 Å². The van der Waals surface area contributed by atoms with Crippen LogP contribution in [0.15, 0.2) is 12.7 Å². The van der Waals surface area contributed by atoms with Gasteiger partial charge in [-0.15, -0.1) is 0 Å². The van der Waals surface area contributed by atoms with E-state index in [0.717, 1.165) is 6.08 Å². The number of amides is 1. The fourth-order valence-corrected chi connectivity index (χ4v) is 0.737. The smallest absolute Gasteiger partial charge is 1.00 e. The zero-order valence-corrected chi connectivity index (χ0v) is 10.3. The molecule has 7 heteroatoms. The van der Waals surface area contributed by atoms with Crippen LogP contribution in [0.1, 0.15) is 7.85 Å². The number of carbonyl (C=O) groups excluding carboxylic acids is 1. The zero-order chi connectivity index (χ0) is 9.40. The number of rotatable bonds is 6. The molecular formula is C6H11NNaO4S-. The van der Waals surface area contributed by atoms with E-state index in [2.05, 4.69) is 16.1 Å². The molecule has 1 N–H and O–H groups in total. The maximum Gasteiger partial charge on any atom is 1.00 e. The molecule has 0 aromatic rings. The molecule has 0 aromatic carbocycles. The van der Waals surface area contributed by atoms with Gasteiger partial charge >= 0.3 is 29.6 Å². The standard InChI is InChI=1S/C6H11NO4S.Na.H/c1-2-6(8)7-4-3-5-11-12(9)10;;/h2H,1,3-5H2,(H,7,8)(H,9,10);;/q;+1;-1/p-1. The first-order chi connectivity index (χ1) is 5.66. The summed E-state index contributed by atoms with van der Waals surface area (Å²) in [5.74, 6) is -0.279. The molecule has 0 aliphatic rings. The molecule has 0 heterocycles. The van der Waals surface area contributed by atoms with Crippen molar-refractivity contribution >= 4 is 17.3 Å². The van der Waals surface area contributed by atoms with E-state index in [4.69, 9.17) is 0 Å². The average molecular weight is 216 g/mol. The average Bonchev–Trinajstić information content (AvgIpc) is 2.03. The van der Waals surface area contributed by atoms with Crippen LogP contribution in [0, 0.1) is 0 Å². The first-order valence-corrected chi connectivity index (χ1v) is 4.29. The van der Waals surface area contributed by atoms with Crippen molar-refractivity contribution in [1.82, 2.24) is 5.32 Å². The van der Waals surface area contributed by atoms with Gasteiger partial charge in [0.25, 0.3) is 0 Å². The topological polar surface area (TPSA) is 78.5 Å². The van der Waals surface area contributed by atoms with Crippen LogP contribution in [0.25, 0.3) is 0 Å². The van der Waals surface area contributed by atoms with Gasteiger partial charge in [0.2, 0.25) is 5.91 Å². The van der Waals surface area contributed by atoms with Crippen molar-refractivity contribution in [3.63, 3.8) is 0 Å². The molecule has 0 saturated heterocycles. The fourth-order valence-electron chi connectivity index (χ4n) is 0.483. The third kappa shape index (κ3) is 12.3. The van der Waals surface area contributed by atoms with Crippen LogP contribution in [-0.4, -0.2) is 27.8 Å². The number of carbonyl (C=O) groups is 1. The van der Waals surface area contributed by atoms with Crippen LogP contribution >= 0.6 is 0 Å². The molecule has 5 nitrogen and oxygen atoms in total. The van der Waals surface area contributed by atoms with Crippen LogP contribution in [0.4, 0.5) is 0 Å². The first-order valence-electron chi connectivity index (χ1n) is 3.29. The van der Waals surface area contributed by atoms with Gasteiger partial charge in [0.15, 0.2) is 0 Å². The minimum atomic E-state index is -2.46. The summed E-state index contributed by atoms with van der Waals surface area (Å²) in [6.07, 6.45) is 1.60. The van der Waals surface area contributed by atoms with Crippen LogP contribution in [-0.2, 0) is 20.3 Å².